The molecule has 0 rings (SSSR count). The topological polar surface area (TPSA) is 102 Å². The van der Waals surface area contributed by atoms with Gasteiger partial charge < -0.3 is 28.6 Å². The minimum Gasteiger partial charge on any atom is -0.544 e. The van der Waals surface area contributed by atoms with Gasteiger partial charge in [0.15, 0.2) is 6.10 Å². The Morgan fingerprint density at radius 1 is 0.526 bits per heavy atom. The van der Waals surface area contributed by atoms with E-state index < -0.39 is 18.1 Å². The number of likely N-dealkylation sites (N-methyl/N-ethyl adjacent to an activating group) is 1. The smallest absolute Gasteiger partial charge is 0.306 e. The van der Waals surface area contributed by atoms with E-state index >= 15 is 0 Å². The molecule has 0 bridgehead atoms. The quantitative estimate of drug-likeness (QED) is 0.0264. The van der Waals surface area contributed by atoms with E-state index in [9.17, 15) is 19.5 Å². The SMILES string of the molecule is CC/C=C/C/C=C/C/C=C/C/C=C/CCCCCCCCC(=O)OCC(COCCC(C(=O)[O-])[N+](C)(C)C)OC(=O)CCCCCCCCC/C=C/C/C=C/CC. The molecule has 2 unspecified atom stereocenters. The highest BCUT2D eigenvalue weighted by molar-refractivity contribution is 5.70. The number of hydrogen-bond donors (Lipinski definition) is 0. The van der Waals surface area contributed by atoms with Gasteiger partial charge in [0.1, 0.15) is 12.6 Å². The van der Waals surface area contributed by atoms with Crippen molar-refractivity contribution in [2.45, 2.75) is 180 Å². The highest BCUT2D eigenvalue weighted by atomic mass is 16.6. The fraction of sp³-hybridized carbons (Fsp3) is 0.694. The number of nitrogens with zero attached hydrogens (tertiary/aromatic N) is 1. The first-order valence-electron chi connectivity index (χ1n) is 22.5. The zero-order valence-electron chi connectivity index (χ0n) is 37.0. The number of esters is 2. The Hall–Kier alpha value is -3.23. The van der Waals surface area contributed by atoms with E-state index in [0.29, 0.717) is 12.8 Å². The summed E-state index contributed by atoms with van der Waals surface area (Å²) < 4.78 is 17.2. The number of ether oxygens (including phenoxy) is 3. The van der Waals surface area contributed by atoms with Crippen molar-refractivity contribution in [1.82, 2.24) is 0 Å². The minimum absolute atomic E-state index is 0.0292. The minimum atomic E-state index is -1.13. The van der Waals surface area contributed by atoms with E-state index in [2.05, 4.69) is 86.8 Å². The molecule has 8 nitrogen and oxygen atoms in total. The number of carbonyl (C=O) groups is 3. The number of hydrogen-bond acceptors (Lipinski definition) is 7. The molecule has 0 heterocycles. The highest BCUT2D eigenvalue weighted by Gasteiger charge is 2.25. The van der Waals surface area contributed by atoms with Crippen LogP contribution < -0.4 is 5.11 Å². The number of carbonyl (C=O) groups excluding carboxylic acids is 3. The fourth-order valence-corrected chi connectivity index (χ4v) is 6.16. The van der Waals surface area contributed by atoms with Crippen LogP contribution in [0.1, 0.15) is 168 Å². The van der Waals surface area contributed by atoms with Gasteiger partial charge in [0.25, 0.3) is 0 Å². The second kappa shape index (κ2) is 39.6. The normalized spacial score (nSPS) is 13.6. The molecule has 0 aromatic rings. The lowest BCUT2D eigenvalue weighted by Crippen LogP contribution is -2.55. The Kier molecular flexibility index (Phi) is 37.3. The first kappa shape index (κ1) is 53.8. The molecule has 0 aromatic carbocycles. The van der Waals surface area contributed by atoms with Crippen LogP contribution in [-0.4, -0.2) is 75.5 Å². The van der Waals surface area contributed by atoms with Crippen LogP contribution in [0, 0.1) is 0 Å². The average molecular weight is 798 g/mol. The Morgan fingerprint density at radius 3 is 1.37 bits per heavy atom. The summed E-state index contributed by atoms with van der Waals surface area (Å²) in [6, 6.07) is -0.732. The predicted molar refractivity (Wildman–Crippen MR) is 235 cm³/mol. The Balaban J connectivity index is 4.36. The zero-order valence-corrected chi connectivity index (χ0v) is 37.0. The predicted octanol–water partition coefficient (Wildman–Crippen LogP) is 11.0. The van der Waals surface area contributed by atoms with Crippen LogP contribution in [0.15, 0.2) is 72.9 Å². The maximum atomic E-state index is 12.7. The molecule has 0 radical (unpaired) electrons. The number of carboxylic acids is 1. The average Bonchev–Trinajstić information content (AvgIpc) is 3.17. The van der Waals surface area contributed by atoms with E-state index in [-0.39, 0.29) is 42.7 Å². The van der Waals surface area contributed by atoms with Gasteiger partial charge in [-0.25, -0.2) is 0 Å². The molecule has 0 fully saturated rings. The van der Waals surface area contributed by atoms with Gasteiger partial charge in [-0.1, -0.05) is 145 Å². The number of unbranched alkanes of at least 4 members (excludes halogenated alkanes) is 13. The van der Waals surface area contributed by atoms with E-state index in [1.54, 1.807) is 21.1 Å². The molecular formula is C49H83NO7. The van der Waals surface area contributed by atoms with Crippen LogP contribution in [0.25, 0.3) is 0 Å². The van der Waals surface area contributed by atoms with Crippen LogP contribution in [-0.2, 0) is 28.6 Å². The summed E-state index contributed by atoms with van der Waals surface area (Å²) >= 11 is 0. The number of rotatable bonds is 39. The molecular weight excluding hydrogens is 715 g/mol. The van der Waals surface area contributed by atoms with Crippen molar-refractivity contribution >= 4 is 17.9 Å². The lowest BCUT2D eigenvalue weighted by molar-refractivity contribution is -0.889. The lowest BCUT2D eigenvalue weighted by atomic mass is 10.1. The third-order valence-electron chi connectivity index (χ3n) is 9.59. The maximum Gasteiger partial charge on any atom is 0.306 e. The van der Waals surface area contributed by atoms with E-state index in [1.165, 1.54) is 32.1 Å². The molecule has 0 aromatic heterocycles. The Bertz CT molecular complexity index is 1160. The largest absolute Gasteiger partial charge is 0.544 e. The lowest BCUT2D eigenvalue weighted by Gasteiger charge is -2.34. The van der Waals surface area contributed by atoms with Gasteiger partial charge in [-0.05, 0) is 77.0 Å². The van der Waals surface area contributed by atoms with Gasteiger partial charge in [0, 0.05) is 19.3 Å². The monoisotopic (exact) mass is 798 g/mol. The van der Waals surface area contributed by atoms with Crippen molar-refractivity contribution in [2.24, 2.45) is 0 Å². The summed E-state index contributed by atoms with van der Waals surface area (Å²) in [5.74, 6) is -1.77. The first-order valence-corrected chi connectivity index (χ1v) is 22.5. The van der Waals surface area contributed by atoms with Crippen molar-refractivity contribution in [3.05, 3.63) is 72.9 Å². The van der Waals surface area contributed by atoms with Crippen LogP contribution in [0.3, 0.4) is 0 Å². The summed E-state index contributed by atoms with van der Waals surface area (Å²) in [4.78, 5) is 36.9. The molecule has 0 saturated heterocycles. The molecule has 0 amide bonds. The van der Waals surface area contributed by atoms with E-state index in [0.717, 1.165) is 103 Å². The van der Waals surface area contributed by atoms with Gasteiger partial charge in [-0.3, -0.25) is 9.59 Å². The van der Waals surface area contributed by atoms with E-state index in [4.69, 9.17) is 14.2 Å². The van der Waals surface area contributed by atoms with Crippen LogP contribution in [0.2, 0.25) is 0 Å². The van der Waals surface area contributed by atoms with Crippen molar-refractivity contribution in [3.63, 3.8) is 0 Å². The maximum absolute atomic E-state index is 12.7. The van der Waals surface area contributed by atoms with Gasteiger partial charge in [0.2, 0.25) is 0 Å². The number of aliphatic carboxylic acids is 1. The van der Waals surface area contributed by atoms with Crippen molar-refractivity contribution in [1.29, 1.82) is 0 Å². The summed E-state index contributed by atoms with van der Waals surface area (Å²) in [5.41, 5.74) is 0. The van der Waals surface area contributed by atoms with Gasteiger partial charge in [0.05, 0.1) is 40.3 Å². The summed E-state index contributed by atoms with van der Waals surface area (Å²) in [5, 5.41) is 11.6. The van der Waals surface area contributed by atoms with Crippen LogP contribution >= 0.6 is 0 Å². The fourth-order valence-electron chi connectivity index (χ4n) is 6.16. The molecule has 0 aliphatic heterocycles. The second-order valence-corrected chi connectivity index (χ2v) is 15.9. The van der Waals surface area contributed by atoms with E-state index in [1.807, 2.05) is 0 Å². The Labute approximate surface area is 349 Å². The molecule has 0 aliphatic carbocycles. The molecule has 0 N–H and O–H groups in total. The van der Waals surface area contributed by atoms with Gasteiger partial charge >= 0.3 is 11.9 Å². The number of quaternary nitrogens is 1. The third kappa shape index (κ3) is 38.1. The van der Waals surface area contributed by atoms with Gasteiger partial charge in [-0.2, -0.15) is 0 Å². The summed E-state index contributed by atoms with van der Waals surface area (Å²) in [6.45, 7) is 4.41. The third-order valence-corrected chi connectivity index (χ3v) is 9.59. The molecule has 0 spiro atoms. The molecule has 2 atom stereocenters. The molecule has 326 valence electrons. The number of allylic oxidation sites excluding steroid dienone is 12. The highest BCUT2D eigenvalue weighted by Crippen LogP contribution is 2.13. The molecule has 8 heteroatoms. The zero-order chi connectivity index (χ0) is 42.1. The van der Waals surface area contributed by atoms with Crippen LogP contribution in [0.5, 0.6) is 0 Å². The number of carboxylic acid groups (broad SMARTS) is 1. The molecule has 0 saturated carbocycles. The summed E-state index contributed by atoms with van der Waals surface area (Å²) in [7, 11) is 5.39. The van der Waals surface area contributed by atoms with Crippen molar-refractivity contribution in [2.75, 3.05) is 41.0 Å². The molecule has 57 heavy (non-hydrogen) atoms. The van der Waals surface area contributed by atoms with Crippen molar-refractivity contribution < 1.29 is 38.2 Å². The Morgan fingerprint density at radius 2 is 0.930 bits per heavy atom. The molecule has 0 aliphatic rings. The second-order valence-electron chi connectivity index (χ2n) is 15.9. The van der Waals surface area contributed by atoms with Crippen LogP contribution in [0.4, 0.5) is 0 Å². The summed E-state index contributed by atoms with van der Waals surface area (Å²) in [6.07, 6.45) is 49.2. The standard InChI is InChI=1S/C49H83NO7/c1-6-8-10-12-14-16-18-20-22-23-24-25-26-28-29-31-33-35-37-39-47(51)56-44-45(43-55-42-41-46(49(53)54)50(3,4)5)57-48(52)40-38-36-34-32-30-27-21-19-17-15-13-11-9-7-2/h8-11,14-17,20,22,24-25,45-46H,6-7,12-13,18-19,21,23,26-44H2,1-5H3/b10-8+,11-9+,16-14+,17-15+,22-20+,25-24+. The van der Waals surface area contributed by atoms with Crippen molar-refractivity contribution in [3.8, 4) is 0 Å². The first-order chi connectivity index (χ1) is 27.6. The van der Waals surface area contributed by atoms with Gasteiger partial charge in [-0.15, -0.1) is 0 Å².